The lowest BCUT2D eigenvalue weighted by atomic mass is 10.3. The first-order valence-corrected chi connectivity index (χ1v) is 5.20. The highest BCUT2D eigenvalue weighted by atomic mass is 16.2. The Hall–Kier alpha value is -1.78. The van der Waals surface area contributed by atoms with Gasteiger partial charge in [0.05, 0.1) is 0 Å². The molecule has 5 nitrogen and oxygen atoms in total. The van der Waals surface area contributed by atoms with Crippen LogP contribution in [0, 0.1) is 0 Å². The summed E-state index contributed by atoms with van der Waals surface area (Å²) in [5, 5.41) is 0. The van der Waals surface area contributed by atoms with Gasteiger partial charge in [-0.3, -0.25) is 13.9 Å². The molecular formula is C11H17N3O2. The van der Waals surface area contributed by atoms with Crippen molar-refractivity contribution in [1.29, 1.82) is 0 Å². The average Bonchev–Trinajstić information content (AvgIpc) is 2.23. The van der Waals surface area contributed by atoms with Crippen molar-refractivity contribution in [2.24, 2.45) is 0 Å². The molecule has 5 heteroatoms. The molecule has 0 saturated heterocycles. The molecule has 0 aliphatic heterocycles. The van der Waals surface area contributed by atoms with Gasteiger partial charge in [0.25, 0.3) is 5.56 Å². The highest BCUT2D eigenvalue weighted by molar-refractivity contribution is 5.31. The van der Waals surface area contributed by atoms with Gasteiger partial charge >= 0.3 is 5.69 Å². The monoisotopic (exact) mass is 223 g/mol. The van der Waals surface area contributed by atoms with Gasteiger partial charge in [0.15, 0.2) is 0 Å². The lowest BCUT2D eigenvalue weighted by Crippen LogP contribution is -2.40. The van der Waals surface area contributed by atoms with Crippen LogP contribution in [0.2, 0.25) is 0 Å². The van der Waals surface area contributed by atoms with E-state index in [9.17, 15) is 9.59 Å². The lowest BCUT2D eigenvalue weighted by molar-refractivity contribution is 0.608. The highest BCUT2D eigenvalue weighted by Gasteiger charge is 2.06. The maximum Gasteiger partial charge on any atom is 0.331 e. The highest BCUT2D eigenvalue weighted by Crippen LogP contribution is 1.92. The largest absolute Gasteiger partial charge is 0.393 e. The topological polar surface area (TPSA) is 70.0 Å². The van der Waals surface area contributed by atoms with Crippen molar-refractivity contribution in [3.63, 3.8) is 0 Å². The van der Waals surface area contributed by atoms with Crippen LogP contribution in [0.5, 0.6) is 0 Å². The molecular weight excluding hydrogens is 206 g/mol. The van der Waals surface area contributed by atoms with Crippen LogP contribution in [0.4, 0.5) is 5.69 Å². The van der Waals surface area contributed by atoms with Gasteiger partial charge in [-0.2, -0.15) is 0 Å². The Morgan fingerprint density at radius 2 is 2.06 bits per heavy atom. The molecule has 1 heterocycles. The number of rotatable bonds is 3. The van der Waals surface area contributed by atoms with Crippen molar-refractivity contribution >= 4 is 5.69 Å². The quantitative estimate of drug-likeness (QED) is 0.762. The van der Waals surface area contributed by atoms with Gasteiger partial charge in [-0.15, -0.1) is 0 Å². The zero-order valence-corrected chi connectivity index (χ0v) is 9.86. The van der Waals surface area contributed by atoms with E-state index >= 15 is 0 Å². The Labute approximate surface area is 93.8 Å². The molecule has 1 rings (SSSR count). The Kier molecular flexibility index (Phi) is 3.71. The predicted octanol–water partition coefficient (Wildman–Crippen LogP) is 0.578. The summed E-state index contributed by atoms with van der Waals surface area (Å²) in [6.07, 6.45) is 3.21. The van der Waals surface area contributed by atoms with Crippen LogP contribution in [0.25, 0.3) is 0 Å². The fraction of sp³-hybridized carbons (Fsp3) is 0.455. The van der Waals surface area contributed by atoms with E-state index in [4.69, 9.17) is 5.73 Å². The summed E-state index contributed by atoms with van der Waals surface area (Å²) in [6, 6.07) is 0. The standard InChI is InChI=1S/C11H17N3O2/c1-4-13-7-9(12)10(15)14(11(13)16)6-5-8(2)3/h5,7H,4,6,12H2,1-3H3. The molecule has 0 bridgehead atoms. The number of anilines is 1. The first-order chi connectivity index (χ1) is 7.47. The number of hydrogen-bond donors (Lipinski definition) is 1. The van der Waals surface area contributed by atoms with Crippen LogP contribution in [0.3, 0.4) is 0 Å². The minimum absolute atomic E-state index is 0.101. The zero-order valence-electron chi connectivity index (χ0n) is 9.86. The molecule has 0 amide bonds. The van der Waals surface area contributed by atoms with Crippen LogP contribution in [-0.2, 0) is 13.1 Å². The summed E-state index contributed by atoms with van der Waals surface area (Å²) in [7, 11) is 0. The third-order valence-corrected chi connectivity index (χ3v) is 2.29. The lowest BCUT2D eigenvalue weighted by Gasteiger charge is -2.08. The normalized spacial score (nSPS) is 10.2. The minimum atomic E-state index is -0.424. The molecule has 16 heavy (non-hydrogen) atoms. The Balaban J connectivity index is 3.37. The zero-order chi connectivity index (χ0) is 12.3. The first-order valence-electron chi connectivity index (χ1n) is 5.20. The summed E-state index contributed by atoms with van der Waals surface area (Å²) < 4.78 is 2.57. The number of aromatic nitrogens is 2. The summed E-state index contributed by atoms with van der Waals surface area (Å²) >= 11 is 0. The molecule has 0 fully saturated rings. The maximum absolute atomic E-state index is 11.8. The first kappa shape index (κ1) is 12.3. The molecule has 1 aromatic rings. The smallest absolute Gasteiger partial charge is 0.331 e. The summed E-state index contributed by atoms with van der Waals surface area (Å²) in [5.74, 6) is 0. The molecule has 0 spiro atoms. The summed E-state index contributed by atoms with van der Waals surface area (Å²) in [5.41, 5.74) is 5.97. The van der Waals surface area contributed by atoms with Crippen molar-refractivity contribution in [2.75, 3.05) is 5.73 Å². The van der Waals surface area contributed by atoms with Crippen molar-refractivity contribution in [2.45, 2.75) is 33.9 Å². The van der Waals surface area contributed by atoms with E-state index in [2.05, 4.69) is 0 Å². The molecule has 0 aromatic carbocycles. The summed E-state index contributed by atoms with van der Waals surface area (Å²) in [4.78, 5) is 23.5. The van der Waals surface area contributed by atoms with Crippen LogP contribution < -0.4 is 17.0 Å². The molecule has 0 aliphatic carbocycles. The van der Waals surface area contributed by atoms with Crippen molar-refractivity contribution in [3.8, 4) is 0 Å². The third-order valence-electron chi connectivity index (χ3n) is 2.29. The van der Waals surface area contributed by atoms with Gasteiger partial charge in [-0.05, 0) is 20.8 Å². The van der Waals surface area contributed by atoms with E-state index in [-0.39, 0.29) is 17.9 Å². The van der Waals surface area contributed by atoms with Crippen LogP contribution in [0.1, 0.15) is 20.8 Å². The molecule has 88 valence electrons. The molecule has 0 atom stereocenters. The van der Waals surface area contributed by atoms with E-state index in [1.807, 2.05) is 26.8 Å². The Bertz CT molecular complexity index is 519. The molecule has 0 aliphatic rings. The van der Waals surface area contributed by atoms with Crippen molar-refractivity contribution in [3.05, 3.63) is 38.7 Å². The molecule has 0 unspecified atom stereocenters. The van der Waals surface area contributed by atoms with Crippen LogP contribution >= 0.6 is 0 Å². The van der Waals surface area contributed by atoms with Gasteiger partial charge in [0, 0.05) is 19.3 Å². The van der Waals surface area contributed by atoms with Crippen molar-refractivity contribution < 1.29 is 0 Å². The fourth-order valence-electron chi connectivity index (χ4n) is 1.34. The average molecular weight is 223 g/mol. The maximum atomic E-state index is 11.8. The van der Waals surface area contributed by atoms with Gasteiger partial charge in [0.1, 0.15) is 5.69 Å². The molecule has 2 N–H and O–H groups in total. The molecule has 0 saturated carbocycles. The van der Waals surface area contributed by atoms with Crippen LogP contribution in [0.15, 0.2) is 27.4 Å². The molecule has 0 radical (unpaired) electrons. The van der Waals surface area contributed by atoms with E-state index in [1.165, 1.54) is 10.8 Å². The Morgan fingerprint density at radius 1 is 1.44 bits per heavy atom. The van der Waals surface area contributed by atoms with Gasteiger partial charge < -0.3 is 5.73 Å². The van der Waals surface area contributed by atoms with E-state index in [0.717, 1.165) is 10.1 Å². The van der Waals surface area contributed by atoms with E-state index in [0.29, 0.717) is 6.54 Å². The molecule has 1 aromatic heterocycles. The second-order valence-corrected chi connectivity index (χ2v) is 3.85. The number of hydrogen-bond acceptors (Lipinski definition) is 3. The van der Waals surface area contributed by atoms with Crippen molar-refractivity contribution in [1.82, 2.24) is 9.13 Å². The van der Waals surface area contributed by atoms with Gasteiger partial charge in [0.2, 0.25) is 0 Å². The number of allylic oxidation sites excluding steroid dienone is 2. The minimum Gasteiger partial charge on any atom is -0.393 e. The Morgan fingerprint density at radius 3 is 2.56 bits per heavy atom. The summed E-state index contributed by atoms with van der Waals surface area (Å²) in [6.45, 7) is 6.42. The fourth-order valence-corrected chi connectivity index (χ4v) is 1.34. The number of nitrogens with two attached hydrogens (primary N) is 1. The van der Waals surface area contributed by atoms with Gasteiger partial charge in [-0.25, -0.2) is 4.79 Å². The van der Waals surface area contributed by atoms with Crippen LogP contribution in [-0.4, -0.2) is 9.13 Å². The van der Waals surface area contributed by atoms with E-state index < -0.39 is 5.56 Å². The number of nitrogen functional groups attached to an aromatic ring is 1. The van der Waals surface area contributed by atoms with E-state index in [1.54, 1.807) is 0 Å². The number of nitrogens with zero attached hydrogens (tertiary/aromatic N) is 2. The third kappa shape index (κ3) is 2.42. The van der Waals surface area contributed by atoms with Gasteiger partial charge in [-0.1, -0.05) is 11.6 Å². The SMILES string of the molecule is CCn1cc(N)c(=O)n(CC=C(C)C)c1=O. The number of aryl methyl sites for hydroxylation is 1. The predicted molar refractivity (Wildman–Crippen MR) is 64.5 cm³/mol. The second kappa shape index (κ2) is 4.83. The second-order valence-electron chi connectivity index (χ2n) is 3.85.